The van der Waals surface area contributed by atoms with Crippen LogP contribution in [-0.4, -0.2) is 12.5 Å². The van der Waals surface area contributed by atoms with Crippen molar-refractivity contribution in [2.24, 2.45) is 0 Å². The minimum atomic E-state index is -0.637. The van der Waals surface area contributed by atoms with Crippen molar-refractivity contribution in [2.75, 3.05) is 11.9 Å². The van der Waals surface area contributed by atoms with Gasteiger partial charge in [0.05, 0.1) is 5.69 Å². The lowest BCUT2D eigenvalue weighted by atomic mass is 10.0. The highest BCUT2D eigenvalue weighted by Crippen LogP contribution is 2.33. The Balaban J connectivity index is 2.04. The molecule has 1 heterocycles. The van der Waals surface area contributed by atoms with E-state index in [-0.39, 0.29) is 12.5 Å². The fourth-order valence-electron chi connectivity index (χ4n) is 1.97. The van der Waals surface area contributed by atoms with Gasteiger partial charge >= 0.3 is 0 Å². The number of nitrogens with one attached hydrogen (secondary N) is 1. The second-order valence-electron chi connectivity index (χ2n) is 4.21. The Morgan fingerprint density at radius 3 is 2.47 bits per heavy atom. The quantitative estimate of drug-likeness (QED) is 0.857. The Hall–Kier alpha value is -2.43. The first-order valence-corrected chi connectivity index (χ1v) is 5.65. The summed E-state index contributed by atoms with van der Waals surface area (Å²) < 4.78 is 31.6. The Morgan fingerprint density at radius 2 is 1.74 bits per heavy atom. The third-order valence-corrected chi connectivity index (χ3v) is 2.81. The van der Waals surface area contributed by atoms with Crippen molar-refractivity contribution in [1.82, 2.24) is 0 Å². The number of rotatable bonds is 1. The molecule has 1 amide bonds. The number of anilines is 1. The third-order valence-electron chi connectivity index (χ3n) is 2.81. The van der Waals surface area contributed by atoms with Gasteiger partial charge in [0.2, 0.25) is 0 Å². The van der Waals surface area contributed by atoms with Crippen molar-refractivity contribution < 1.29 is 18.3 Å². The molecule has 0 saturated heterocycles. The normalized spacial score (nSPS) is 13.5. The van der Waals surface area contributed by atoms with Crippen LogP contribution >= 0.6 is 0 Å². The third kappa shape index (κ3) is 2.27. The van der Waals surface area contributed by atoms with Crippen LogP contribution in [0.4, 0.5) is 14.5 Å². The number of hydrogen-bond donors (Lipinski definition) is 1. The van der Waals surface area contributed by atoms with E-state index in [1.54, 1.807) is 18.2 Å². The van der Waals surface area contributed by atoms with Crippen LogP contribution in [0.5, 0.6) is 5.75 Å². The summed E-state index contributed by atoms with van der Waals surface area (Å²) in [5.41, 5.74) is 1.59. The van der Waals surface area contributed by atoms with E-state index in [1.165, 1.54) is 12.1 Å². The Labute approximate surface area is 107 Å². The Morgan fingerprint density at radius 1 is 1.00 bits per heavy atom. The number of hydrogen-bond acceptors (Lipinski definition) is 2. The molecule has 96 valence electrons. The van der Waals surface area contributed by atoms with E-state index in [0.717, 1.165) is 6.07 Å². The molecule has 0 aliphatic carbocycles. The molecule has 0 atom stereocenters. The van der Waals surface area contributed by atoms with Gasteiger partial charge in [-0.05, 0) is 35.4 Å². The molecule has 19 heavy (non-hydrogen) atoms. The van der Waals surface area contributed by atoms with Crippen molar-refractivity contribution in [3.8, 4) is 16.9 Å². The molecule has 3 rings (SSSR count). The second kappa shape index (κ2) is 4.35. The zero-order chi connectivity index (χ0) is 13.4. The molecule has 0 spiro atoms. The molecule has 0 aromatic heterocycles. The van der Waals surface area contributed by atoms with Gasteiger partial charge in [-0.1, -0.05) is 6.07 Å². The van der Waals surface area contributed by atoms with Crippen LogP contribution in [-0.2, 0) is 4.79 Å². The Kier molecular flexibility index (Phi) is 2.67. The fourth-order valence-corrected chi connectivity index (χ4v) is 1.97. The molecular weight excluding hydrogens is 252 g/mol. The number of carbonyl (C=O) groups is 1. The van der Waals surface area contributed by atoms with E-state index in [4.69, 9.17) is 4.74 Å². The zero-order valence-corrected chi connectivity index (χ0v) is 9.74. The maximum atomic E-state index is 13.2. The van der Waals surface area contributed by atoms with Crippen LogP contribution < -0.4 is 10.1 Å². The molecule has 0 radical (unpaired) electrons. The summed E-state index contributed by atoms with van der Waals surface area (Å²) in [4.78, 5) is 11.1. The highest BCUT2D eigenvalue weighted by atomic mass is 19.1. The molecular formula is C14H9F2NO2. The fraction of sp³-hybridized carbons (Fsp3) is 0.0714. The number of carbonyl (C=O) groups excluding carboxylic acids is 1. The minimum Gasteiger partial charge on any atom is -0.482 e. The lowest BCUT2D eigenvalue weighted by Crippen LogP contribution is -2.25. The summed E-state index contributed by atoms with van der Waals surface area (Å²) in [5, 5.41) is 2.65. The topological polar surface area (TPSA) is 38.3 Å². The van der Waals surface area contributed by atoms with Crippen molar-refractivity contribution in [3.63, 3.8) is 0 Å². The van der Waals surface area contributed by atoms with Crippen LogP contribution in [0.2, 0.25) is 0 Å². The summed E-state index contributed by atoms with van der Waals surface area (Å²) in [6, 6.07) is 8.26. The SMILES string of the molecule is O=C1COc2cc(-c3cc(F)cc(F)c3)ccc2N1. The largest absolute Gasteiger partial charge is 0.482 e. The van der Waals surface area contributed by atoms with Gasteiger partial charge in [0.15, 0.2) is 6.61 Å². The van der Waals surface area contributed by atoms with E-state index in [9.17, 15) is 13.6 Å². The number of ether oxygens (including phenoxy) is 1. The highest BCUT2D eigenvalue weighted by Gasteiger charge is 2.16. The van der Waals surface area contributed by atoms with Crippen LogP contribution in [0, 0.1) is 11.6 Å². The van der Waals surface area contributed by atoms with Gasteiger partial charge in [0.25, 0.3) is 5.91 Å². The van der Waals surface area contributed by atoms with Gasteiger partial charge in [0, 0.05) is 6.07 Å². The molecule has 3 nitrogen and oxygen atoms in total. The molecule has 0 saturated carbocycles. The summed E-state index contributed by atoms with van der Waals surface area (Å²) in [7, 11) is 0. The molecule has 2 aromatic rings. The average molecular weight is 261 g/mol. The van der Waals surface area contributed by atoms with Gasteiger partial charge in [-0.15, -0.1) is 0 Å². The molecule has 0 unspecified atom stereocenters. The molecule has 1 N–H and O–H groups in total. The van der Waals surface area contributed by atoms with E-state index in [1.807, 2.05) is 0 Å². The van der Waals surface area contributed by atoms with Crippen LogP contribution in [0.3, 0.4) is 0 Å². The summed E-state index contributed by atoms with van der Waals surface area (Å²) in [6.07, 6.45) is 0. The first-order valence-electron chi connectivity index (χ1n) is 5.65. The highest BCUT2D eigenvalue weighted by molar-refractivity contribution is 5.95. The number of amides is 1. The van der Waals surface area contributed by atoms with Gasteiger partial charge in [-0.2, -0.15) is 0 Å². The first kappa shape index (κ1) is 11.6. The molecule has 5 heteroatoms. The van der Waals surface area contributed by atoms with Crippen LogP contribution in [0.1, 0.15) is 0 Å². The molecule has 1 aliphatic rings. The van der Waals surface area contributed by atoms with Gasteiger partial charge in [0.1, 0.15) is 17.4 Å². The van der Waals surface area contributed by atoms with Crippen LogP contribution in [0.15, 0.2) is 36.4 Å². The van der Waals surface area contributed by atoms with E-state index in [2.05, 4.69) is 5.32 Å². The summed E-state index contributed by atoms with van der Waals surface area (Å²) in [6.45, 7) is -0.0615. The standard InChI is InChI=1S/C14H9F2NO2/c15-10-3-9(4-11(16)6-10)8-1-2-12-13(5-8)19-7-14(18)17-12/h1-6H,7H2,(H,17,18). The molecule has 2 aromatic carbocycles. The van der Waals surface area contributed by atoms with Gasteiger partial charge in [-0.3, -0.25) is 4.79 Å². The predicted octanol–water partition coefficient (Wildman–Crippen LogP) is 2.96. The lowest BCUT2D eigenvalue weighted by molar-refractivity contribution is -0.118. The van der Waals surface area contributed by atoms with E-state index in [0.29, 0.717) is 22.6 Å². The smallest absolute Gasteiger partial charge is 0.262 e. The Bertz CT molecular complexity index is 650. The number of benzene rings is 2. The predicted molar refractivity (Wildman–Crippen MR) is 65.9 cm³/mol. The van der Waals surface area contributed by atoms with Crippen molar-refractivity contribution >= 4 is 11.6 Å². The maximum absolute atomic E-state index is 13.2. The first-order chi connectivity index (χ1) is 9.11. The molecule has 0 fully saturated rings. The lowest BCUT2D eigenvalue weighted by Gasteiger charge is -2.18. The average Bonchev–Trinajstić information content (AvgIpc) is 2.37. The second-order valence-corrected chi connectivity index (χ2v) is 4.21. The monoisotopic (exact) mass is 261 g/mol. The van der Waals surface area contributed by atoms with Crippen molar-refractivity contribution in [3.05, 3.63) is 48.0 Å². The van der Waals surface area contributed by atoms with Gasteiger partial charge in [-0.25, -0.2) is 8.78 Å². The summed E-state index contributed by atoms with van der Waals surface area (Å²) in [5.74, 6) is -1.01. The molecule has 1 aliphatic heterocycles. The number of halogens is 2. The van der Waals surface area contributed by atoms with E-state index < -0.39 is 11.6 Å². The van der Waals surface area contributed by atoms with Gasteiger partial charge < -0.3 is 10.1 Å². The zero-order valence-electron chi connectivity index (χ0n) is 9.74. The van der Waals surface area contributed by atoms with Crippen molar-refractivity contribution in [2.45, 2.75) is 0 Å². The van der Waals surface area contributed by atoms with E-state index >= 15 is 0 Å². The van der Waals surface area contributed by atoms with Crippen LogP contribution in [0.25, 0.3) is 11.1 Å². The summed E-state index contributed by atoms with van der Waals surface area (Å²) >= 11 is 0. The molecule has 0 bridgehead atoms. The minimum absolute atomic E-state index is 0.0615. The van der Waals surface area contributed by atoms with Crippen molar-refractivity contribution in [1.29, 1.82) is 0 Å². The number of fused-ring (bicyclic) bond motifs is 1. The maximum Gasteiger partial charge on any atom is 0.262 e.